The van der Waals surface area contributed by atoms with Crippen LogP contribution in [-0.4, -0.2) is 11.0 Å². The number of phenols is 1. The number of rotatable bonds is 3. The van der Waals surface area contributed by atoms with Crippen molar-refractivity contribution in [1.82, 2.24) is 0 Å². The summed E-state index contributed by atoms with van der Waals surface area (Å²) in [5, 5.41) is 21.9. The Balaban J connectivity index is 2.32. The first kappa shape index (κ1) is 16.8. The summed E-state index contributed by atoms with van der Waals surface area (Å²) in [4.78, 5) is 12.1. The number of phenolic OH excluding ortho intramolecular Hbond substituents is 1. The van der Waals surface area contributed by atoms with Gasteiger partial charge in [0.1, 0.15) is 17.4 Å². The van der Waals surface area contributed by atoms with Crippen molar-refractivity contribution in [1.29, 1.82) is 5.26 Å². The molecule has 2 aromatic carbocycles. The van der Waals surface area contributed by atoms with E-state index in [2.05, 4.69) is 27.9 Å². The molecular formula is C16H10I2N2O2. The van der Waals surface area contributed by atoms with E-state index in [9.17, 15) is 15.2 Å². The second kappa shape index (κ2) is 7.60. The van der Waals surface area contributed by atoms with Gasteiger partial charge >= 0.3 is 0 Å². The van der Waals surface area contributed by atoms with Crippen molar-refractivity contribution in [3.8, 4) is 11.8 Å². The van der Waals surface area contributed by atoms with Crippen molar-refractivity contribution in [2.24, 2.45) is 0 Å². The average Bonchev–Trinajstić information content (AvgIpc) is 2.50. The number of halogens is 2. The first-order valence-electron chi connectivity index (χ1n) is 6.17. The molecule has 0 aliphatic carbocycles. The number of aromatic hydroxyl groups is 1. The second-order valence-corrected chi connectivity index (χ2v) is 6.72. The van der Waals surface area contributed by atoms with Crippen LogP contribution in [0.4, 0.5) is 5.69 Å². The van der Waals surface area contributed by atoms with E-state index in [0.717, 1.165) is 3.57 Å². The van der Waals surface area contributed by atoms with Gasteiger partial charge in [0.25, 0.3) is 5.91 Å². The monoisotopic (exact) mass is 516 g/mol. The molecule has 0 aromatic heterocycles. The Morgan fingerprint density at radius 2 is 1.91 bits per heavy atom. The summed E-state index contributed by atoms with van der Waals surface area (Å²) < 4.78 is 1.57. The highest BCUT2D eigenvalue weighted by Crippen LogP contribution is 2.28. The number of nitrogens with zero attached hydrogens (tertiary/aromatic N) is 1. The van der Waals surface area contributed by atoms with Gasteiger partial charge < -0.3 is 10.4 Å². The molecule has 0 atom stereocenters. The Hall–Kier alpha value is -1.60. The molecular weight excluding hydrogens is 506 g/mol. The van der Waals surface area contributed by atoms with Crippen LogP contribution in [0.5, 0.6) is 5.75 Å². The van der Waals surface area contributed by atoms with Gasteiger partial charge in [-0.3, -0.25) is 4.79 Å². The Labute approximate surface area is 155 Å². The van der Waals surface area contributed by atoms with Crippen molar-refractivity contribution in [2.75, 3.05) is 5.32 Å². The normalized spacial score (nSPS) is 10.9. The van der Waals surface area contributed by atoms with E-state index in [1.54, 1.807) is 30.3 Å². The van der Waals surface area contributed by atoms with Gasteiger partial charge in [0, 0.05) is 14.8 Å². The maximum absolute atomic E-state index is 12.1. The number of para-hydroxylation sites is 1. The van der Waals surface area contributed by atoms with Crippen molar-refractivity contribution in [3.63, 3.8) is 0 Å². The van der Waals surface area contributed by atoms with Crippen molar-refractivity contribution in [2.45, 2.75) is 0 Å². The fraction of sp³-hybridized carbons (Fsp3) is 0. The summed E-state index contributed by atoms with van der Waals surface area (Å²) in [6.45, 7) is 0. The first-order chi connectivity index (χ1) is 10.5. The van der Waals surface area contributed by atoms with Crippen LogP contribution in [0.3, 0.4) is 0 Å². The van der Waals surface area contributed by atoms with Crippen LogP contribution in [0, 0.1) is 18.5 Å². The van der Waals surface area contributed by atoms with Crippen molar-refractivity contribution < 1.29 is 9.90 Å². The lowest BCUT2D eigenvalue weighted by atomic mass is 10.1. The molecule has 0 saturated heterocycles. The minimum absolute atomic E-state index is 0.0567. The van der Waals surface area contributed by atoms with Crippen molar-refractivity contribution in [3.05, 3.63) is 60.7 Å². The number of anilines is 1. The molecule has 0 spiro atoms. The van der Waals surface area contributed by atoms with Gasteiger partial charge in [0.2, 0.25) is 0 Å². The van der Waals surface area contributed by atoms with Crippen LogP contribution in [-0.2, 0) is 4.79 Å². The fourth-order valence-corrected chi connectivity index (χ4v) is 3.61. The van der Waals surface area contributed by atoms with E-state index in [1.165, 1.54) is 6.08 Å². The van der Waals surface area contributed by atoms with Crippen molar-refractivity contribution >= 4 is 62.9 Å². The Morgan fingerprint density at radius 1 is 1.23 bits per heavy atom. The van der Waals surface area contributed by atoms with E-state index < -0.39 is 5.91 Å². The number of benzene rings is 2. The molecule has 0 saturated carbocycles. The number of nitriles is 1. The summed E-state index contributed by atoms with van der Waals surface area (Å²) in [5.74, 6) is -0.455. The van der Waals surface area contributed by atoms with Gasteiger partial charge in [-0.1, -0.05) is 18.2 Å². The maximum Gasteiger partial charge on any atom is 0.266 e. The van der Waals surface area contributed by atoms with E-state index in [1.807, 2.05) is 40.8 Å². The predicted octanol–water partition coefficient (Wildman–Crippen LogP) is 4.15. The van der Waals surface area contributed by atoms with Gasteiger partial charge in [-0.25, -0.2) is 0 Å². The number of carbonyl (C=O) groups excluding carboxylic acids is 1. The zero-order valence-corrected chi connectivity index (χ0v) is 15.5. The summed E-state index contributed by atoms with van der Waals surface area (Å²) in [6, 6.07) is 14.3. The van der Waals surface area contributed by atoms with Gasteiger partial charge in [0.15, 0.2) is 0 Å². The topological polar surface area (TPSA) is 73.1 Å². The van der Waals surface area contributed by atoms with Gasteiger partial charge in [0.05, 0.1) is 3.57 Å². The lowest BCUT2D eigenvalue weighted by molar-refractivity contribution is -0.112. The molecule has 2 rings (SSSR count). The molecule has 1 amide bonds. The Morgan fingerprint density at radius 3 is 2.55 bits per heavy atom. The molecule has 22 heavy (non-hydrogen) atoms. The summed E-state index contributed by atoms with van der Waals surface area (Å²) in [6.07, 6.45) is 1.39. The number of carbonyl (C=O) groups is 1. The van der Waals surface area contributed by atoms with Crippen LogP contribution < -0.4 is 5.32 Å². The molecule has 0 aliphatic heterocycles. The molecule has 0 radical (unpaired) electrons. The van der Waals surface area contributed by atoms with Crippen LogP contribution >= 0.6 is 45.2 Å². The summed E-state index contributed by atoms with van der Waals surface area (Å²) >= 11 is 4.12. The molecule has 0 bridgehead atoms. The zero-order chi connectivity index (χ0) is 16.1. The third-order valence-corrected chi connectivity index (χ3v) is 4.20. The molecule has 110 valence electrons. The highest BCUT2D eigenvalue weighted by atomic mass is 127. The van der Waals surface area contributed by atoms with Gasteiger partial charge in [-0.05, 0) is 75.5 Å². The molecule has 0 heterocycles. The lowest BCUT2D eigenvalue weighted by Crippen LogP contribution is -2.13. The lowest BCUT2D eigenvalue weighted by Gasteiger charge is -2.06. The summed E-state index contributed by atoms with van der Waals surface area (Å²) in [7, 11) is 0. The van der Waals surface area contributed by atoms with E-state index in [0.29, 0.717) is 14.8 Å². The largest absolute Gasteiger partial charge is 0.506 e. The van der Waals surface area contributed by atoms with E-state index in [4.69, 9.17) is 0 Å². The molecule has 0 fully saturated rings. The number of hydrogen-bond donors (Lipinski definition) is 2. The molecule has 0 aliphatic rings. The second-order valence-electron chi connectivity index (χ2n) is 4.32. The van der Waals surface area contributed by atoms with Crippen LogP contribution in [0.2, 0.25) is 0 Å². The van der Waals surface area contributed by atoms with E-state index >= 15 is 0 Å². The van der Waals surface area contributed by atoms with Crippen LogP contribution in [0.15, 0.2) is 48.0 Å². The number of hydrogen-bond acceptors (Lipinski definition) is 3. The Bertz CT molecular complexity index is 781. The molecule has 2 aromatic rings. The predicted molar refractivity (Wildman–Crippen MR) is 102 cm³/mol. The smallest absolute Gasteiger partial charge is 0.266 e. The SMILES string of the molecule is N#C/C(=C/c1cc(I)cc(I)c1O)C(=O)Nc1ccccc1. The van der Waals surface area contributed by atoms with Gasteiger partial charge in [-0.15, -0.1) is 0 Å². The first-order valence-corrected chi connectivity index (χ1v) is 8.33. The highest BCUT2D eigenvalue weighted by molar-refractivity contribution is 14.1. The van der Waals surface area contributed by atoms with Crippen LogP contribution in [0.25, 0.3) is 6.08 Å². The quantitative estimate of drug-likeness (QED) is 0.366. The number of nitrogens with one attached hydrogen (secondary N) is 1. The molecule has 4 nitrogen and oxygen atoms in total. The number of amides is 1. The maximum atomic E-state index is 12.1. The highest BCUT2D eigenvalue weighted by Gasteiger charge is 2.12. The fourth-order valence-electron chi connectivity index (χ4n) is 1.72. The van der Waals surface area contributed by atoms with Gasteiger partial charge in [-0.2, -0.15) is 5.26 Å². The minimum atomic E-state index is -0.512. The molecule has 0 unspecified atom stereocenters. The van der Waals surface area contributed by atoms with Crippen LogP contribution in [0.1, 0.15) is 5.56 Å². The zero-order valence-electron chi connectivity index (χ0n) is 11.2. The third-order valence-electron chi connectivity index (χ3n) is 2.75. The summed E-state index contributed by atoms with van der Waals surface area (Å²) in [5.41, 5.74) is 0.975. The molecule has 2 N–H and O–H groups in total. The molecule has 6 heteroatoms. The average molecular weight is 516 g/mol. The van der Waals surface area contributed by atoms with E-state index in [-0.39, 0.29) is 11.3 Å². The Kier molecular flexibility index (Phi) is 5.79. The minimum Gasteiger partial charge on any atom is -0.506 e. The standard InChI is InChI=1S/C16H10I2N2O2/c17-12-7-10(15(21)14(18)8-12)6-11(9-19)16(22)20-13-4-2-1-3-5-13/h1-8,21H,(H,20,22)/b11-6-. The third kappa shape index (κ3) is 4.20.